The van der Waals surface area contributed by atoms with E-state index in [2.05, 4.69) is 27.5 Å². The Hall–Kier alpha value is -1.89. The highest BCUT2D eigenvalue weighted by Gasteiger charge is 2.60. The maximum absolute atomic E-state index is 11.8. The first-order valence-corrected chi connectivity index (χ1v) is 9.29. The van der Waals surface area contributed by atoms with Gasteiger partial charge in [-0.2, -0.15) is 4.98 Å². The van der Waals surface area contributed by atoms with Crippen molar-refractivity contribution < 1.29 is 9.90 Å². The molecule has 6 rings (SSSR count). The fourth-order valence-corrected chi connectivity index (χ4v) is 5.57. The second-order valence-corrected chi connectivity index (χ2v) is 8.81. The van der Waals surface area contributed by atoms with Crippen LogP contribution in [0.1, 0.15) is 62.2 Å². The molecule has 0 aromatic carbocycles. The third-order valence-corrected chi connectivity index (χ3v) is 7.48. The molecule has 0 radical (unpaired) electrons. The van der Waals surface area contributed by atoms with E-state index in [0.717, 1.165) is 50.9 Å². The highest BCUT2D eigenvalue weighted by Crippen LogP contribution is 2.59. The topological polar surface area (TPSA) is 113 Å². The van der Waals surface area contributed by atoms with Crippen LogP contribution in [0.4, 0.5) is 11.8 Å². The minimum Gasteiger partial charge on any atom is -0.390 e. The van der Waals surface area contributed by atoms with E-state index in [0.29, 0.717) is 17.3 Å². The second kappa shape index (κ2) is 4.63. The van der Waals surface area contributed by atoms with Gasteiger partial charge in [0.1, 0.15) is 5.82 Å². The van der Waals surface area contributed by atoms with Crippen LogP contribution in [0.25, 0.3) is 0 Å². The van der Waals surface area contributed by atoms with Crippen molar-refractivity contribution in [1.29, 1.82) is 0 Å². The smallest absolute Gasteiger partial charge is 0.254 e. The molecule has 7 nitrogen and oxygen atoms in total. The Bertz CT molecular complexity index is 739. The molecule has 1 atom stereocenters. The molecule has 1 aromatic rings. The first-order chi connectivity index (χ1) is 11.8. The van der Waals surface area contributed by atoms with Crippen LogP contribution < -0.4 is 16.4 Å². The lowest BCUT2D eigenvalue weighted by atomic mass is 9.50. The van der Waals surface area contributed by atoms with Crippen molar-refractivity contribution in [1.82, 2.24) is 9.97 Å². The largest absolute Gasteiger partial charge is 0.390 e. The number of aliphatic hydroxyl groups is 1. The summed E-state index contributed by atoms with van der Waals surface area (Å²) >= 11 is 0. The van der Waals surface area contributed by atoms with Crippen molar-refractivity contribution >= 4 is 17.7 Å². The first-order valence-electron chi connectivity index (χ1n) is 9.29. The summed E-state index contributed by atoms with van der Waals surface area (Å²) in [5.41, 5.74) is 5.23. The molecule has 1 amide bonds. The molecule has 1 aromatic heterocycles. The zero-order valence-electron chi connectivity index (χ0n) is 14.5. The monoisotopic (exact) mass is 343 g/mol. The summed E-state index contributed by atoms with van der Waals surface area (Å²) in [5.74, 6) is 1.53. The average Bonchev–Trinajstić information content (AvgIpc) is 2.88. The quantitative estimate of drug-likeness (QED) is 0.646. The predicted molar refractivity (Wildman–Crippen MR) is 93.2 cm³/mol. The average molecular weight is 343 g/mol. The number of primary amides is 1. The summed E-state index contributed by atoms with van der Waals surface area (Å²) < 4.78 is 0. The number of hydrogen-bond donors (Lipinski definition) is 4. The van der Waals surface area contributed by atoms with E-state index in [-0.39, 0.29) is 17.0 Å². The lowest BCUT2D eigenvalue weighted by Gasteiger charge is -2.62. The van der Waals surface area contributed by atoms with E-state index in [9.17, 15) is 9.90 Å². The Labute approximate surface area is 146 Å². The number of amides is 1. The summed E-state index contributed by atoms with van der Waals surface area (Å²) in [4.78, 5) is 20.7. The Kier molecular flexibility index (Phi) is 2.85. The van der Waals surface area contributed by atoms with E-state index >= 15 is 0 Å². The van der Waals surface area contributed by atoms with Gasteiger partial charge in [0.25, 0.3) is 5.91 Å². The van der Waals surface area contributed by atoms with Gasteiger partial charge < -0.3 is 21.5 Å². The molecule has 5 N–H and O–H groups in total. The highest BCUT2D eigenvalue weighted by molar-refractivity contribution is 5.97. The number of rotatable bonds is 5. The second-order valence-electron chi connectivity index (χ2n) is 8.81. The summed E-state index contributed by atoms with van der Waals surface area (Å²) in [6.07, 6.45) is 8.42. The first kappa shape index (κ1) is 15.4. The van der Waals surface area contributed by atoms with Gasteiger partial charge in [-0.15, -0.1) is 0 Å². The molecule has 5 aliphatic rings. The minimum absolute atomic E-state index is 0.104. The van der Waals surface area contributed by atoms with E-state index in [1.54, 1.807) is 0 Å². The Balaban J connectivity index is 1.43. The number of nitrogens with two attached hydrogens (primary N) is 1. The van der Waals surface area contributed by atoms with Crippen molar-refractivity contribution in [2.75, 3.05) is 10.6 Å². The van der Waals surface area contributed by atoms with Gasteiger partial charge in [-0.1, -0.05) is 6.92 Å². The molecule has 25 heavy (non-hydrogen) atoms. The molecular formula is C18H25N5O2. The van der Waals surface area contributed by atoms with Crippen LogP contribution in [0.3, 0.4) is 0 Å². The molecule has 0 aliphatic heterocycles. The molecule has 5 aliphatic carbocycles. The summed E-state index contributed by atoms with van der Waals surface area (Å²) in [6, 6.07) is 0. The third kappa shape index (κ3) is 2.05. The SMILES string of the molecule is C[C@H]1C2(O)CCC1(Nc1ncc(C(N)=O)c(NC34CC(C3)C4)n1)CC2. The van der Waals surface area contributed by atoms with Crippen molar-refractivity contribution in [3.05, 3.63) is 11.8 Å². The van der Waals surface area contributed by atoms with E-state index in [1.807, 2.05) is 0 Å². The number of aromatic nitrogens is 2. The summed E-state index contributed by atoms with van der Waals surface area (Å²) in [6.45, 7) is 2.10. The predicted octanol–water partition coefficient (Wildman–Crippen LogP) is 1.65. The Morgan fingerprint density at radius 3 is 2.40 bits per heavy atom. The molecule has 0 unspecified atom stereocenters. The molecule has 0 spiro atoms. The van der Waals surface area contributed by atoms with Crippen LogP contribution in [0, 0.1) is 11.8 Å². The molecule has 134 valence electrons. The number of nitrogens with one attached hydrogen (secondary N) is 2. The van der Waals surface area contributed by atoms with Crippen molar-refractivity contribution in [2.24, 2.45) is 17.6 Å². The zero-order valence-corrected chi connectivity index (χ0v) is 14.5. The van der Waals surface area contributed by atoms with Gasteiger partial charge in [0.2, 0.25) is 5.95 Å². The molecule has 4 bridgehead atoms. The third-order valence-electron chi connectivity index (χ3n) is 7.48. The van der Waals surface area contributed by atoms with Crippen LogP contribution in [0.5, 0.6) is 0 Å². The van der Waals surface area contributed by atoms with Crippen molar-refractivity contribution in [3.8, 4) is 0 Å². The fraction of sp³-hybridized carbons (Fsp3) is 0.722. The highest BCUT2D eigenvalue weighted by atomic mass is 16.3. The molecule has 0 saturated heterocycles. The number of carbonyl (C=O) groups excluding carboxylic acids is 1. The number of carbonyl (C=O) groups is 1. The Morgan fingerprint density at radius 2 is 1.92 bits per heavy atom. The van der Waals surface area contributed by atoms with Gasteiger partial charge >= 0.3 is 0 Å². The lowest BCUT2D eigenvalue weighted by Crippen LogP contribution is -2.63. The molecular weight excluding hydrogens is 318 g/mol. The number of nitrogens with zero attached hydrogens (tertiary/aromatic N) is 2. The number of fused-ring (bicyclic) bond motifs is 2. The van der Waals surface area contributed by atoms with E-state index < -0.39 is 11.5 Å². The fourth-order valence-electron chi connectivity index (χ4n) is 5.57. The summed E-state index contributed by atoms with van der Waals surface area (Å²) in [5, 5.41) is 17.6. The minimum atomic E-state index is -0.562. The van der Waals surface area contributed by atoms with Gasteiger partial charge in [0, 0.05) is 23.2 Å². The van der Waals surface area contributed by atoms with Crippen LogP contribution >= 0.6 is 0 Å². The van der Waals surface area contributed by atoms with Gasteiger partial charge in [0.05, 0.1) is 11.2 Å². The lowest BCUT2D eigenvalue weighted by molar-refractivity contribution is 0.00177. The molecule has 5 saturated carbocycles. The number of hydrogen-bond acceptors (Lipinski definition) is 6. The van der Waals surface area contributed by atoms with E-state index in [1.165, 1.54) is 6.20 Å². The standard InChI is InChI=1S/C18H25N5O2/c1-10-17(2-4-18(10,25)5-3-17)23-15-20-9-12(13(19)24)14(21-15)22-16-6-11(7-16)8-16/h9-11,25H,2-8H2,1H3,(H2,19,24)(H2,20,21,22,23)/t10-,11?,16?,17?,18?/m1/s1. The molecule has 1 heterocycles. The maximum atomic E-state index is 11.8. The number of anilines is 2. The molecule has 5 fully saturated rings. The van der Waals surface area contributed by atoms with Crippen molar-refractivity contribution in [2.45, 2.75) is 68.5 Å². The Morgan fingerprint density at radius 1 is 1.24 bits per heavy atom. The van der Waals surface area contributed by atoms with Gasteiger partial charge in [0.15, 0.2) is 0 Å². The van der Waals surface area contributed by atoms with Crippen LogP contribution in [0.2, 0.25) is 0 Å². The van der Waals surface area contributed by atoms with Gasteiger partial charge in [-0.25, -0.2) is 4.98 Å². The van der Waals surface area contributed by atoms with Crippen LogP contribution in [-0.4, -0.2) is 37.7 Å². The summed E-state index contributed by atoms with van der Waals surface area (Å²) in [7, 11) is 0. The van der Waals surface area contributed by atoms with Gasteiger partial charge in [-0.3, -0.25) is 4.79 Å². The van der Waals surface area contributed by atoms with Crippen LogP contribution in [0.15, 0.2) is 6.20 Å². The van der Waals surface area contributed by atoms with E-state index in [4.69, 9.17) is 5.73 Å². The molecule has 7 heteroatoms. The zero-order chi connectivity index (χ0) is 17.4. The van der Waals surface area contributed by atoms with Crippen LogP contribution in [-0.2, 0) is 0 Å². The normalized spacial score (nSPS) is 43.3. The maximum Gasteiger partial charge on any atom is 0.254 e. The van der Waals surface area contributed by atoms with Crippen molar-refractivity contribution in [3.63, 3.8) is 0 Å². The van der Waals surface area contributed by atoms with Gasteiger partial charge in [-0.05, 0) is 50.9 Å².